The van der Waals surface area contributed by atoms with E-state index in [0.29, 0.717) is 6.42 Å². The molecule has 0 aromatic heterocycles. The highest BCUT2D eigenvalue weighted by molar-refractivity contribution is 5.85. The lowest BCUT2D eigenvalue weighted by Crippen LogP contribution is -2.40. The van der Waals surface area contributed by atoms with Gasteiger partial charge in [0.05, 0.1) is 0 Å². The summed E-state index contributed by atoms with van der Waals surface area (Å²) < 4.78 is 0. The molecule has 0 aromatic carbocycles. The highest BCUT2D eigenvalue weighted by Crippen LogP contribution is 2.21. The predicted octanol–water partition coefficient (Wildman–Crippen LogP) is 0.966. The van der Waals surface area contributed by atoms with Crippen molar-refractivity contribution in [2.45, 2.75) is 27.2 Å². The van der Waals surface area contributed by atoms with E-state index < -0.39 is 11.4 Å². The van der Waals surface area contributed by atoms with Gasteiger partial charge in [-0.15, -0.1) is 0 Å². The Bertz CT molecular complexity index is 211. The van der Waals surface area contributed by atoms with Gasteiger partial charge in [-0.3, -0.25) is 9.59 Å². The highest BCUT2D eigenvalue weighted by Gasteiger charge is 2.28. The van der Waals surface area contributed by atoms with Gasteiger partial charge in [0.1, 0.15) is 6.54 Å². The summed E-state index contributed by atoms with van der Waals surface area (Å²) >= 11 is 0. The van der Waals surface area contributed by atoms with Crippen LogP contribution in [0.3, 0.4) is 0 Å². The lowest BCUT2D eigenvalue weighted by molar-refractivity contribution is -0.147. The molecule has 0 atom stereocenters. The quantitative estimate of drug-likeness (QED) is 0.713. The Morgan fingerprint density at radius 2 is 1.85 bits per heavy atom. The third-order valence-corrected chi connectivity index (χ3v) is 2.18. The summed E-state index contributed by atoms with van der Waals surface area (Å²) in [5, 5.41) is 8.48. The molecule has 4 heteroatoms. The van der Waals surface area contributed by atoms with Crippen molar-refractivity contribution >= 4 is 11.9 Å². The molecule has 0 saturated carbocycles. The minimum atomic E-state index is -0.984. The highest BCUT2D eigenvalue weighted by atomic mass is 16.4. The van der Waals surface area contributed by atoms with Gasteiger partial charge in [0.15, 0.2) is 0 Å². The van der Waals surface area contributed by atoms with Gasteiger partial charge in [-0.1, -0.05) is 20.8 Å². The number of likely N-dealkylation sites (N-methyl/N-ethyl adjacent to an activating group) is 1. The van der Waals surface area contributed by atoms with E-state index in [0.717, 1.165) is 0 Å². The van der Waals surface area contributed by atoms with Crippen LogP contribution in [-0.4, -0.2) is 35.5 Å². The average molecular weight is 187 g/mol. The first-order valence-corrected chi connectivity index (χ1v) is 4.28. The molecule has 76 valence electrons. The van der Waals surface area contributed by atoms with E-state index in [2.05, 4.69) is 0 Å². The molecule has 0 aromatic rings. The van der Waals surface area contributed by atoms with Gasteiger partial charge in [0.2, 0.25) is 5.91 Å². The second-order valence-corrected chi connectivity index (χ2v) is 3.79. The first-order chi connectivity index (χ1) is 5.81. The zero-order valence-corrected chi connectivity index (χ0v) is 8.63. The molecule has 0 saturated heterocycles. The standard InChI is InChI=1S/C9H17NO3/c1-5-9(2,3)8(13)10(4)6-7(11)12/h5-6H2,1-4H3,(H,11,12). The number of carbonyl (C=O) groups is 2. The fourth-order valence-electron chi connectivity index (χ4n) is 0.943. The molecule has 4 nitrogen and oxygen atoms in total. The SMILES string of the molecule is CCC(C)(C)C(=O)N(C)CC(=O)O. The van der Waals surface area contributed by atoms with Gasteiger partial charge < -0.3 is 10.0 Å². The van der Waals surface area contributed by atoms with Gasteiger partial charge in [0, 0.05) is 12.5 Å². The third kappa shape index (κ3) is 3.44. The van der Waals surface area contributed by atoms with Crippen LogP contribution in [0.4, 0.5) is 0 Å². The average Bonchev–Trinajstić information content (AvgIpc) is 2.01. The van der Waals surface area contributed by atoms with E-state index in [-0.39, 0.29) is 12.5 Å². The van der Waals surface area contributed by atoms with Crippen LogP contribution in [-0.2, 0) is 9.59 Å². The van der Waals surface area contributed by atoms with Gasteiger partial charge in [-0.05, 0) is 6.42 Å². The Labute approximate surface area is 78.5 Å². The Hall–Kier alpha value is -1.06. The van der Waals surface area contributed by atoms with Crippen LogP contribution < -0.4 is 0 Å². The molecule has 0 fully saturated rings. The summed E-state index contributed by atoms with van der Waals surface area (Å²) in [4.78, 5) is 23.2. The molecule has 0 radical (unpaired) electrons. The lowest BCUT2D eigenvalue weighted by Gasteiger charge is -2.27. The largest absolute Gasteiger partial charge is 0.480 e. The van der Waals surface area contributed by atoms with Crippen molar-refractivity contribution < 1.29 is 14.7 Å². The van der Waals surface area contributed by atoms with E-state index in [1.807, 2.05) is 20.8 Å². The van der Waals surface area contributed by atoms with Gasteiger partial charge in [-0.25, -0.2) is 0 Å². The van der Waals surface area contributed by atoms with E-state index in [1.165, 1.54) is 11.9 Å². The number of hydrogen-bond donors (Lipinski definition) is 1. The Morgan fingerprint density at radius 1 is 1.38 bits per heavy atom. The van der Waals surface area contributed by atoms with Crippen molar-refractivity contribution in [1.82, 2.24) is 4.90 Å². The van der Waals surface area contributed by atoms with Gasteiger partial charge >= 0.3 is 5.97 Å². The van der Waals surface area contributed by atoms with Crippen LogP contribution in [0.1, 0.15) is 27.2 Å². The van der Waals surface area contributed by atoms with Crippen molar-refractivity contribution in [3.05, 3.63) is 0 Å². The minimum Gasteiger partial charge on any atom is -0.480 e. The third-order valence-electron chi connectivity index (χ3n) is 2.18. The second-order valence-electron chi connectivity index (χ2n) is 3.79. The number of amides is 1. The maximum Gasteiger partial charge on any atom is 0.323 e. The molecular weight excluding hydrogens is 170 g/mol. The summed E-state index contributed by atoms with van der Waals surface area (Å²) in [6.07, 6.45) is 0.704. The van der Waals surface area contributed by atoms with E-state index >= 15 is 0 Å². The summed E-state index contributed by atoms with van der Waals surface area (Å²) in [5.74, 6) is -1.11. The molecule has 0 bridgehead atoms. The normalized spacial score (nSPS) is 11.1. The molecule has 0 aliphatic carbocycles. The van der Waals surface area contributed by atoms with Crippen molar-refractivity contribution in [2.75, 3.05) is 13.6 Å². The molecule has 0 spiro atoms. The fraction of sp³-hybridized carbons (Fsp3) is 0.778. The number of carbonyl (C=O) groups excluding carboxylic acids is 1. The molecular formula is C9H17NO3. The molecule has 0 heterocycles. The van der Waals surface area contributed by atoms with Crippen molar-refractivity contribution in [3.8, 4) is 0 Å². The van der Waals surface area contributed by atoms with E-state index in [4.69, 9.17) is 5.11 Å². The number of carboxylic acid groups (broad SMARTS) is 1. The van der Waals surface area contributed by atoms with Crippen molar-refractivity contribution in [1.29, 1.82) is 0 Å². The van der Waals surface area contributed by atoms with Crippen molar-refractivity contribution in [2.24, 2.45) is 5.41 Å². The molecule has 0 aliphatic heterocycles. The Kier molecular flexibility index (Phi) is 3.91. The van der Waals surface area contributed by atoms with Crippen LogP contribution in [0.5, 0.6) is 0 Å². The maximum atomic E-state index is 11.6. The number of carboxylic acids is 1. The predicted molar refractivity (Wildman–Crippen MR) is 49.3 cm³/mol. The molecule has 1 amide bonds. The number of rotatable bonds is 4. The van der Waals surface area contributed by atoms with Gasteiger partial charge in [-0.2, -0.15) is 0 Å². The van der Waals surface area contributed by atoms with Crippen LogP contribution >= 0.6 is 0 Å². The number of nitrogens with zero attached hydrogens (tertiary/aromatic N) is 1. The smallest absolute Gasteiger partial charge is 0.323 e. The molecule has 0 rings (SSSR count). The zero-order valence-electron chi connectivity index (χ0n) is 8.63. The summed E-state index contributed by atoms with van der Waals surface area (Å²) in [7, 11) is 1.51. The van der Waals surface area contributed by atoms with Gasteiger partial charge in [0.25, 0.3) is 0 Å². The monoisotopic (exact) mass is 187 g/mol. The summed E-state index contributed by atoms with van der Waals surface area (Å²) in [5.41, 5.74) is -0.468. The van der Waals surface area contributed by atoms with Crippen LogP contribution in [0, 0.1) is 5.41 Å². The lowest BCUT2D eigenvalue weighted by atomic mass is 9.89. The molecule has 0 aliphatic rings. The maximum absolute atomic E-state index is 11.6. The summed E-state index contributed by atoms with van der Waals surface area (Å²) in [6.45, 7) is 5.30. The summed E-state index contributed by atoms with van der Waals surface area (Å²) in [6, 6.07) is 0. The fourth-order valence-corrected chi connectivity index (χ4v) is 0.943. The molecule has 0 unspecified atom stereocenters. The zero-order chi connectivity index (χ0) is 10.6. The molecule has 13 heavy (non-hydrogen) atoms. The van der Waals surface area contributed by atoms with Crippen molar-refractivity contribution in [3.63, 3.8) is 0 Å². The van der Waals surface area contributed by atoms with E-state index in [9.17, 15) is 9.59 Å². The van der Waals surface area contributed by atoms with Crippen LogP contribution in [0.15, 0.2) is 0 Å². The number of aliphatic carboxylic acids is 1. The van der Waals surface area contributed by atoms with Crippen LogP contribution in [0.2, 0.25) is 0 Å². The first kappa shape index (κ1) is 11.9. The Morgan fingerprint density at radius 3 is 2.15 bits per heavy atom. The number of hydrogen-bond acceptors (Lipinski definition) is 2. The van der Waals surface area contributed by atoms with Crippen LogP contribution in [0.25, 0.3) is 0 Å². The topological polar surface area (TPSA) is 57.6 Å². The van der Waals surface area contributed by atoms with E-state index in [1.54, 1.807) is 0 Å². The molecule has 1 N–H and O–H groups in total. The Balaban J connectivity index is 4.34. The second kappa shape index (κ2) is 4.25. The minimum absolute atomic E-state index is 0.127. The first-order valence-electron chi connectivity index (χ1n) is 4.28.